The van der Waals surface area contributed by atoms with E-state index in [1.807, 2.05) is 24.3 Å². The molecule has 0 radical (unpaired) electrons. The monoisotopic (exact) mass is 349 g/mol. The number of carbonyl (C=O) groups excluding carboxylic acids is 1. The highest BCUT2D eigenvalue weighted by Gasteiger charge is 2.15. The van der Waals surface area contributed by atoms with Crippen LogP contribution in [0, 0.1) is 17.0 Å². The number of esters is 1. The Labute approximate surface area is 129 Å². The zero-order chi connectivity index (χ0) is 15.4. The van der Waals surface area contributed by atoms with Gasteiger partial charge in [-0.1, -0.05) is 34.1 Å². The zero-order valence-electron chi connectivity index (χ0n) is 11.2. The molecule has 0 aliphatic rings. The van der Waals surface area contributed by atoms with Crippen molar-refractivity contribution in [2.75, 3.05) is 0 Å². The van der Waals surface area contributed by atoms with Gasteiger partial charge >= 0.3 is 5.97 Å². The van der Waals surface area contributed by atoms with Crippen molar-refractivity contribution in [2.24, 2.45) is 0 Å². The number of nitro groups is 1. The highest BCUT2D eigenvalue weighted by atomic mass is 79.9. The van der Waals surface area contributed by atoms with E-state index in [0.29, 0.717) is 5.56 Å². The topological polar surface area (TPSA) is 69.4 Å². The van der Waals surface area contributed by atoms with Crippen molar-refractivity contribution >= 4 is 27.6 Å². The smallest absolute Gasteiger partial charge is 0.338 e. The molecule has 0 saturated heterocycles. The number of carbonyl (C=O) groups is 1. The summed E-state index contributed by atoms with van der Waals surface area (Å²) in [5, 5.41) is 10.9. The molecule has 108 valence electrons. The van der Waals surface area contributed by atoms with Crippen molar-refractivity contribution in [1.82, 2.24) is 0 Å². The van der Waals surface area contributed by atoms with E-state index in [-0.39, 0.29) is 17.9 Å². The van der Waals surface area contributed by atoms with Gasteiger partial charge in [-0.2, -0.15) is 0 Å². The van der Waals surface area contributed by atoms with Gasteiger partial charge in [0, 0.05) is 16.1 Å². The Morgan fingerprint density at radius 2 is 2.05 bits per heavy atom. The Morgan fingerprint density at radius 3 is 2.71 bits per heavy atom. The average molecular weight is 350 g/mol. The minimum Gasteiger partial charge on any atom is -0.457 e. The molecule has 2 aromatic rings. The van der Waals surface area contributed by atoms with Crippen LogP contribution in [0.2, 0.25) is 0 Å². The van der Waals surface area contributed by atoms with Crippen LogP contribution in [-0.2, 0) is 11.3 Å². The van der Waals surface area contributed by atoms with E-state index in [0.717, 1.165) is 10.0 Å². The lowest BCUT2D eigenvalue weighted by molar-refractivity contribution is -0.385. The first-order valence-electron chi connectivity index (χ1n) is 6.14. The van der Waals surface area contributed by atoms with Crippen molar-refractivity contribution in [2.45, 2.75) is 13.5 Å². The van der Waals surface area contributed by atoms with Gasteiger partial charge in [0.05, 0.1) is 10.5 Å². The van der Waals surface area contributed by atoms with Crippen LogP contribution < -0.4 is 0 Å². The van der Waals surface area contributed by atoms with E-state index in [4.69, 9.17) is 4.74 Å². The molecule has 0 unspecified atom stereocenters. The second kappa shape index (κ2) is 6.49. The number of ether oxygens (including phenoxy) is 1. The van der Waals surface area contributed by atoms with E-state index in [9.17, 15) is 14.9 Å². The minimum absolute atomic E-state index is 0.0908. The molecule has 0 amide bonds. The van der Waals surface area contributed by atoms with Crippen molar-refractivity contribution in [3.8, 4) is 0 Å². The third-order valence-corrected chi connectivity index (χ3v) is 3.39. The fourth-order valence-corrected chi connectivity index (χ4v) is 2.24. The van der Waals surface area contributed by atoms with Crippen LogP contribution in [0.3, 0.4) is 0 Å². The molecule has 0 saturated carbocycles. The molecule has 0 aliphatic carbocycles. The second-order valence-electron chi connectivity index (χ2n) is 4.46. The van der Waals surface area contributed by atoms with Gasteiger partial charge in [0.25, 0.3) is 5.69 Å². The summed E-state index contributed by atoms with van der Waals surface area (Å²) in [6.07, 6.45) is 0. The van der Waals surface area contributed by atoms with E-state index in [2.05, 4.69) is 15.9 Å². The number of rotatable bonds is 4. The summed E-state index contributed by atoms with van der Waals surface area (Å²) in [4.78, 5) is 22.3. The Kier molecular flexibility index (Phi) is 4.70. The molecule has 0 spiro atoms. The summed E-state index contributed by atoms with van der Waals surface area (Å²) in [6, 6.07) is 11.7. The first-order valence-corrected chi connectivity index (χ1v) is 6.93. The Hall–Kier alpha value is -2.21. The van der Waals surface area contributed by atoms with Gasteiger partial charge in [0.2, 0.25) is 0 Å². The second-order valence-corrected chi connectivity index (χ2v) is 5.38. The van der Waals surface area contributed by atoms with Crippen molar-refractivity contribution in [1.29, 1.82) is 0 Å². The van der Waals surface area contributed by atoms with Crippen LogP contribution in [0.15, 0.2) is 46.9 Å². The minimum atomic E-state index is -0.585. The van der Waals surface area contributed by atoms with Gasteiger partial charge in [-0.3, -0.25) is 10.1 Å². The van der Waals surface area contributed by atoms with Gasteiger partial charge in [-0.15, -0.1) is 0 Å². The first-order chi connectivity index (χ1) is 9.97. The van der Waals surface area contributed by atoms with Crippen LogP contribution in [-0.4, -0.2) is 10.9 Å². The zero-order valence-corrected chi connectivity index (χ0v) is 12.8. The van der Waals surface area contributed by atoms with E-state index in [1.54, 1.807) is 6.92 Å². The summed E-state index contributed by atoms with van der Waals surface area (Å²) in [5.41, 5.74) is 1.41. The van der Waals surface area contributed by atoms with E-state index < -0.39 is 10.9 Å². The number of hydrogen-bond donors (Lipinski definition) is 0. The molecular weight excluding hydrogens is 338 g/mol. The van der Waals surface area contributed by atoms with Gasteiger partial charge in [-0.05, 0) is 30.7 Å². The predicted octanol–water partition coefficient (Wildman–Crippen LogP) is 4.02. The van der Waals surface area contributed by atoms with Crippen LogP contribution in [0.5, 0.6) is 0 Å². The molecular formula is C15H12BrNO4. The number of aryl methyl sites for hydroxylation is 1. The fraction of sp³-hybridized carbons (Fsp3) is 0.133. The molecule has 0 aromatic heterocycles. The summed E-state index contributed by atoms with van der Waals surface area (Å²) in [7, 11) is 0. The van der Waals surface area contributed by atoms with E-state index in [1.165, 1.54) is 18.2 Å². The number of nitro benzene ring substituents is 1. The maximum atomic E-state index is 11.9. The summed E-state index contributed by atoms with van der Waals surface area (Å²) in [5.74, 6) is -0.585. The van der Waals surface area contributed by atoms with Gasteiger partial charge in [0.15, 0.2) is 0 Å². The molecule has 0 bridgehead atoms. The molecule has 6 heteroatoms. The molecule has 0 N–H and O–H groups in total. The van der Waals surface area contributed by atoms with Crippen LogP contribution in [0.25, 0.3) is 0 Å². The summed E-state index contributed by atoms with van der Waals surface area (Å²) >= 11 is 3.33. The Balaban J connectivity index is 2.10. The molecule has 0 aliphatic heterocycles. The van der Waals surface area contributed by atoms with Gasteiger partial charge in [0.1, 0.15) is 6.61 Å². The van der Waals surface area contributed by atoms with Crippen LogP contribution in [0.4, 0.5) is 5.69 Å². The normalized spacial score (nSPS) is 10.2. The Morgan fingerprint density at radius 1 is 1.29 bits per heavy atom. The molecule has 0 heterocycles. The number of halogens is 1. The van der Waals surface area contributed by atoms with Crippen molar-refractivity contribution in [3.05, 3.63) is 73.7 Å². The predicted molar refractivity (Wildman–Crippen MR) is 81.1 cm³/mol. The molecule has 21 heavy (non-hydrogen) atoms. The third kappa shape index (κ3) is 3.88. The van der Waals surface area contributed by atoms with Crippen molar-refractivity contribution < 1.29 is 14.5 Å². The molecule has 5 nitrogen and oxygen atoms in total. The van der Waals surface area contributed by atoms with Gasteiger partial charge < -0.3 is 4.74 Å². The average Bonchev–Trinajstić information content (AvgIpc) is 2.45. The lowest BCUT2D eigenvalue weighted by Crippen LogP contribution is -2.06. The summed E-state index contributed by atoms with van der Waals surface area (Å²) in [6.45, 7) is 1.73. The maximum absolute atomic E-state index is 11.9. The highest BCUT2D eigenvalue weighted by Crippen LogP contribution is 2.20. The largest absolute Gasteiger partial charge is 0.457 e. The summed E-state index contributed by atoms with van der Waals surface area (Å²) < 4.78 is 6.05. The lowest BCUT2D eigenvalue weighted by Gasteiger charge is -2.06. The standard InChI is InChI=1S/C15H12BrNO4/c1-10-5-6-12(8-14(10)17(19)20)15(18)21-9-11-3-2-4-13(16)7-11/h2-8H,9H2,1H3. The molecule has 0 fully saturated rings. The molecule has 0 atom stereocenters. The molecule has 2 rings (SSSR count). The molecule has 2 aromatic carbocycles. The maximum Gasteiger partial charge on any atom is 0.338 e. The SMILES string of the molecule is Cc1ccc(C(=O)OCc2cccc(Br)c2)cc1[N+](=O)[O-]. The number of benzene rings is 2. The van der Waals surface area contributed by atoms with Crippen LogP contribution in [0.1, 0.15) is 21.5 Å². The fourth-order valence-electron chi connectivity index (χ4n) is 1.79. The lowest BCUT2D eigenvalue weighted by atomic mass is 10.1. The number of hydrogen-bond acceptors (Lipinski definition) is 4. The highest BCUT2D eigenvalue weighted by molar-refractivity contribution is 9.10. The quantitative estimate of drug-likeness (QED) is 0.474. The first kappa shape index (κ1) is 15.2. The number of nitrogens with zero attached hydrogens (tertiary/aromatic N) is 1. The van der Waals surface area contributed by atoms with E-state index >= 15 is 0 Å². The van der Waals surface area contributed by atoms with Crippen molar-refractivity contribution in [3.63, 3.8) is 0 Å². The third-order valence-electron chi connectivity index (χ3n) is 2.90. The van der Waals surface area contributed by atoms with Crippen LogP contribution >= 0.6 is 15.9 Å². The van der Waals surface area contributed by atoms with Gasteiger partial charge in [-0.25, -0.2) is 4.79 Å². The Bertz CT molecular complexity index is 700.